The minimum absolute atomic E-state index is 0.0408. The Bertz CT molecular complexity index is 696. The van der Waals surface area contributed by atoms with Crippen LogP contribution < -0.4 is 0 Å². The molecule has 0 bridgehead atoms. The Kier molecular flexibility index (Phi) is 3.74. The Hall–Kier alpha value is -1.17. The van der Waals surface area contributed by atoms with Gasteiger partial charge in [-0.15, -0.1) is 0 Å². The Balaban J connectivity index is 1.85. The van der Waals surface area contributed by atoms with Gasteiger partial charge in [0.15, 0.2) is 5.78 Å². The molecule has 2 fully saturated rings. The van der Waals surface area contributed by atoms with Crippen molar-refractivity contribution in [3.63, 3.8) is 0 Å². The molecule has 0 radical (unpaired) electrons. The summed E-state index contributed by atoms with van der Waals surface area (Å²) in [6, 6.07) is 0. The predicted octanol–water partition coefficient (Wildman–Crippen LogP) is 1.82. The Morgan fingerprint density at radius 2 is 1.92 bits per heavy atom. The topological polar surface area (TPSA) is 90.9 Å². The number of hydrogen-bond donors (Lipinski definition) is 3. The molecule has 0 aromatic carbocycles. The molecule has 1 heterocycles. The Labute approximate surface area is 148 Å². The quantitative estimate of drug-likeness (QED) is 0.758. The van der Waals surface area contributed by atoms with Crippen LogP contribution in [0.3, 0.4) is 0 Å². The Morgan fingerprint density at radius 3 is 2.60 bits per heavy atom. The van der Waals surface area contributed by atoms with Gasteiger partial charge in [-0.3, -0.25) is 4.79 Å². The molecule has 2 saturated carbocycles. The minimum atomic E-state index is -1.11. The highest BCUT2D eigenvalue weighted by Crippen LogP contribution is 2.66. The van der Waals surface area contributed by atoms with Crippen LogP contribution in [-0.2, 0) is 16.6 Å². The number of furan rings is 1. The van der Waals surface area contributed by atoms with E-state index in [4.69, 9.17) is 4.42 Å². The number of aliphatic hydroxyl groups is 3. The van der Waals surface area contributed by atoms with Crippen LogP contribution in [0.1, 0.15) is 50.7 Å². The van der Waals surface area contributed by atoms with Gasteiger partial charge >= 0.3 is 0 Å². The van der Waals surface area contributed by atoms with Gasteiger partial charge in [0.1, 0.15) is 6.10 Å². The van der Waals surface area contributed by atoms with E-state index in [-0.39, 0.29) is 41.7 Å². The zero-order valence-electron chi connectivity index (χ0n) is 15.0. The number of aliphatic hydroxyl groups excluding tert-OH is 3. The number of carbonyl (C=O) groups excluding carboxylic acids is 1. The second kappa shape index (κ2) is 5.41. The van der Waals surface area contributed by atoms with Crippen LogP contribution in [0.4, 0.5) is 0 Å². The van der Waals surface area contributed by atoms with Crippen LogP contribution >= 0.6 is 0 Å². The summed E-state index contributed by atoms with van der Waals surface area (Å²) < 4.78 is 5.45. The van der Waals surface area contributed by atoms with Gasteiger partial charge in [-0.05, 0) is 48.5 Å². The molecule has 3 N–H and O–H groups in total. The van der Waals surface area contributed by atoms with Gasteiger partial charge in [0.05, 0.1) is 25.7 Å². The summed E-state index contributed by atoms with van der Waals surface area (Å²) in [5.74, 6) is 0.00836. The van der Waals surface area contributed by atoms with Crippen molar-refractivity contribution in [1.29, 1.82) is 0 Å². The molecule has 3 aliphatic carbocycles. The maximum absolute atomic E-state index is 12.6. The lowest BCUT2D eigenvalue weighted by Gasteiger charge is -2.64. The van der Waals surface area contributed by atoms with Gasteiger partial charge in [0, 0.05) is 22.8 Å². The zero-order chi connectivity index (χ0) is 18.0. The third-order valence-corrected chi connectivity index (χ3v) is 8.02. The molecule has 6 atom stereocenters. The molecule has 5 heteroatoms. The monoisotopic (exact) mass is 348 g/mol. The smallest absolute Gasteiger partial charge is 0.162 e. The summed E-state index contributed by atoms with van der Waals surface area (Å²) in [5.41, 5.74) is 0.714. The molecule has 0 saturated heterocycles. The van der Waals surface area contributed by atoms with Crippen molar-refractivity contribution in [1.82, 2.24) is 0 Å². The summed E-state index contributed by atoms with van der Waals surface area (Å²) >= 11 is 0. The van der Waals surface area contributed by atoms with Crippen LogP contribution in [0.25, 0.3) is 0 Å². The first kappa shape index (κ1) is 17.3. The normalized spacial score (nSPS) is 46.3. The van der Waals surface area contributed by atoms with E-state index in [0.29, 0.717) is 6.42 Å². The second-order valence-corrected chi connectivity index (χ2v) is 9.02. The number of aryl methyl sites for hydroxylation is 1. The van der Waals surface area contributed by atoms with Crippen molar-refractivity contribution >= 4 is 5.78 Å². The summed E-state index contributed by atoms with van der Waals surface area (Å²) in [4.78, 5) is 12.6. The number of carbonyl (C=O) groups is 1. The molecule has 5 nitrogen and oxygen atoms in total. The van der Waals surface area contributed by atoms with E-state index in [2.05, 4.69) is 6.92 Å². The van der Waals surface area contributed by atoms with E-state index in [0.717, 1.165) is 31.2 Å². The fourth-order valence-corrected chi connectivity index (χ4v) is 6.79. The van der Waals surface area contributed by atoms with E-state index >= 15 is 0 Å². The van der Waals surface area contributed by atoms with Crippen molar-refractivity contribution < 1.29 is 24.5 Å². The molecule has 138 valence electrons. The van der Waals surface area contributed by atoms with E-state index in [1.807, 2.05) is 6.92 Å². The SMILES string of the molecule is C[C@]12CC(=O)[C@@H](O)[C@](C)(CO)C1CC[C@@]1(CO)c3cocc3CCC12. The average Bonchev–Trinajstić information content (AvgIpc) is 3.09. The van der Waals surface area contributed by atoms with Gasteiger partial charge in [-0.2, -0.15) is 0 Å². The van der Waals surface area contributed by atoms with E-state index in [1.165, 1.54) is 5.56 Å². The number of hydrogen-bond acceptors (Lipinski definition) is 5. The van der Waals surface area contributed by atoms with Crippen molar-refractivity contribution in [2.45, 2.75) is 57.5 Å². The van der Waals surface area contributed by atoms with Crippen LogP contribution in [0.15, 0.2) is 16.9 Å². The number of fused-ring (bicyclic) bond motifs is 5. The molecular weight excluding hydrogens is 320 g/mol. The fourth-order valence-electron chi connectivity index (χ4n) is 6.79. The highest BCUT2D eigenvalue weighted by atomic mass is 16.3. The average molecular weight is 348 g/mol. The largest absolute Gasteiger partial charge is 0.472 e. The standard InChI is InChI=1S/C20H28O5/c1-18-7-14(23)17(24)19(2,10-21)15(18)5-6-20(11-22)13-9-25-8-12(13)3-4-16(18)20/h8-9,15-17,21-22,24H,3-7,10-11H2,1-2H3/t15?,16?,17-,18+,19-,20-/m1/s1. The number of Topliss-reactive ketones (excluding diaryl/α,β-unsaturated/α-hetero) is 1. The van der Waals surface area contributed by atoms with Crippen molar-refractivity contribution in [3.05, 3.63) is 23.7 Å². The van der Waals surface area contributed by atoms with Crippen molar-refractivity contribution in [2.24, 2.45) is 22.7 Å². The lowest BCUT2D eigenvalue weighted by Crippen LogP contribution is -2.65. The third-order valence-electron chi connectivity index (χ3n) is 8.02. The van der Waals surface area contributed by atoms with Crippen LogP contribution in [0.2, 0.25) is 0 Å². The maximum atomic E-state index is 12.6. The first-order chi connectivity index (χ1) is 11.8. The minimum Gasteiger partial charge on any atom is -0.472 e. The third kappa shape index (κ3) is 1.97. The molecular formula is C20H28O5. The molecule has 4 rings (SSSR count). The van der Waals surface area contributed by atoms with Crippen LogP contribution in [-0.4, -0.2) is 40.4 Å². The summed E-state index contributed by atoms with van der Waals surface area (Å²) in [6.07, 6.45) is 6.10. The van der Waals surface area contributed by atoms with Crippen LogP contribution in [0.5, 0.6) is 0 Å². The highest BCUT2D eigenvalue weighted by molar-refractivity contribution is 5.85. The molecule has 0 amide bonds. The van der Waals surface area contributed by atoms with Gasteiger partial charge in [-0.1, -0.05) is 13.8 Å². The van der Waals surface area contributed by atoms with Crippen molar-refractivity contribution in [2.75, 3.05) is 13.2 Å². The zero-order valence-corrected chi connectivity index (χ0v) is 15.0. The maximum Gasteiger partial charge on any atom is 0.162 e. The fraction of sp³-hybridized carbons (Fsp3) is 0.750. The lowest BCUT2D eigenvalue weighted by atomic mass is 9.40. The van der Waals surface area contributed by atoms with Gasteiger partial charge in [0.2, 0.25) is 0 Å². The van der Waals surface area contributed by atoms with Gasteiger partial charge in [-0.25, -0.2) is 0 Å². The molecule has 2 unspecified atom stereocenters. The predicted molar refractivity (Wildman–Crippen MR) is 90.9 cm³/mol. The van der Waals surface area contributed by atoms with Gasteiger partial charge < -0.3 is 19.7 Å². The second-order valence-electron chi connectivity index (χ2n) is 9.02. The molecule has 0 aliphatic heterocycles. The molecule has 0 spiro atoms. The first-order valence-electron chi connectivity index (χ1n) is 9.31. The summed E-state index contributed by atoms with van der Waals surface area (Å²) in [7, 11) is 0. The van der Waals surface area contributed by atoms with E-state index < -0.39 is 11.5 Å². The molecule has 1 aromatic heterocycles. The number of ketones is 1. The highest BCUT2D eigenvalue weighted by Gasteiger charge is 2.65. The summed E-state index contributed by atoms with van der Waals surface area (Å²) in [6.45, 7) is 3.82. The summed E-state index contributed by atoms with van der Waals surface area (Å²) in [5, 5.41) is 31.0. The van der Waals surface area contributed by atoms with Crippen LogP contribution in [0, 0.1) is 22.7 Å². The van der Waals surface area contributed by atoms with Gasteiger partial charge in [0.25, 0.3) is 0 Å². The van der Waals surface area contributed by atoms with E-state index in [1.54, 1.807) is 12.5 Å². The molecule has 25 heavy (non-hydrogen) atoms. The lowest BCUT2D eigenvalue weighted by molar-refractivity contribution is -0.190. The molecule has 3 aliphatic rings. The number of rotatable bonds is 2. The Morgan fingerprint density at radius 1 is 1.16 bits per heavy atom. The first-order valence-corrected chi connectivity index (χ1v) is 9.31. The van der Waals surface area contributed by atoms with Crippen molar-refractivity contribution in [3.8, 4) is 0 Å². The van der Waals surface area contributed by atoms with E-state index in [9.17, 15) is 20.1 Å². The molecule has 1 aromatic rings.